The van der Waals surface area contributed by atoms with E-state index in [1.807, 2.05) is 6.07 Å². The fourth-order valence-electron chi connectivity index (χ4n) is 1.73. The molecule has 2 aromatic rings. The molecule has 0 saturated carbocycles. The Kier molecular flexibility index (Phi) is 3.70. The number of carbonyl (C=O) groups is 1. The van der Waals surface area contributed by atoms with E-state index in [1.165, 1.54) is 0 Å². The molecule has 19 heavy (non-hydrogen) atoms. The Morgan fingerprint density at radius 2 is 2.26 bits per heavy atom. The Bertz CT molecular complexity index is 590. The van der Waals surface area contributed by atoms with Crippen molar-refractivity contribution in [3.8, 4) is 0 Å². The highest BCUT2D eigenvalue weighted by Crippen LogP contribution is 2.19. The van der Waals surface area contributed by atoms with Crippen LogP contribution >= 0.6 is 0 Å². The molecule has 0 atom stereocenters. The van der Waals surface area contributed by atoms with Gasteiger partial charge in [0, 0.05) is 26.0 Å². The monoisotopic (exact) mass is 261 g/mol. The minimum absolute atomic E-state index is 0.161. The summed E-state index contributed by atoms with van der Waals surface area (Å²) in [4.78, 5) is 20.5. The van der Waals surface area contributed by atoms with Crippen LogP contribution in [-0.4, -0.2) is 28.1 Å². The molecule has 6 heteroatoms. The van der Waals surface area contributed by atoms with Crippen LogP contribution in [0.15, 0.2) is 36.8 Å². The molecule has 0 fully saturated rings. The number of aromatic nitrogens is 2. The van der Waals surface area contributed by atoms with Gasteiger partial charge in [-0.05, 0) is 17.7 Å². The number of carboxylic acid groups (broad SMARTS) is 1. The average Bonchev–Trinajstić information content (AvgIpc) is 2.39. The van der Waals surface area contributed by atoms with Crippen LogP contribution in [0.1, 0.15) is 15.9 Å². The number of nitrogens with zero attached hydrogens (tertiary/aromatic N) is 3. The van der Waals surface area contributed by atoms with Crippen LogP contribution in [0.2, 0.25) is 0 Å². The summed E-state index contributed by atoms with van der Waals surface area (Å²) in [6.07, 6.45) is 4.34. The lowest BCUT2D eigenvalue weighted by atomic mass is 10.2. The van der Waals surface area contributed by atoms with Gasteiger partial charge in [-0.3, -0.25) is 4.98 Å². The number of halogens is 1. The summed E-state index contributed by atoms with van der Waals surface area (Å²) in [5.74, 6) is -1.66. The van der Waals surface area contributed by atoms with Gasteiger partial charge in [0.25, 0.3) is 0 Å². The van der Waals surface area contributed by atoms with Crippen molar-refractivity contribution >= 4 is 11.8 Å². The summed E-state index contributed by atoms with van der Waals surface area (Å²) in [5, 5.41) is 9.06. The van der Waals surface area contributed by atoms with Crippen LogP contribution in [0.4, 0.5) is 10.2 Å². The summed E-state index contributed by atoms with van der Waals surface area (Å²) in [7, 11) is 1.69. The molecule has 0 aliphatic heterocycles. The van der Waals surface area contributed by atoms with Crippen molar-refractivity contribution in [1.82, 2.24) is 9.97 Å². The van der Waals surface area contributed by atoms with Crippen molar-refractivity contribution in [2.45, 2.75) is 6.54 Å². The summed E-state index contributed by atoms with van der Waals surface area (Å²) in [6, 6.07) is 4.62. The topological polar surface area (TPSA) is 66.3 Å². The second-order valence-corrected chi connectivity index (χ2v) is 4.05. The highest BCUT2D eigenvalue weighted by atomic mass is 19.1. The Balaban J connectivity index is 2.28. The Labute approximate surface area is 109 Å². The molecule has 98 valence electrons. The van der Waals surface area contributed by atoms with Crippen molar-refractivity contribution in [3.63, 3.8) is 0 Å². The van der Waals surface area contributed by atoms with E-state index < -0.39 is 11.8 Å². The number of anilines is 1. The molecule has 1 N–H and O–H groups in total. The zero-order valence-electron chi connectivity index (χ0n) is 10.2. The number of hydrogen-bond donors (Lipinski definition) is 1. The molecular formula is C13H12FN3O2. The third kappa shape index (κ3) is 3.04. The fourth-order valence-corrected chi connectivity index (χ4v) is 1.73. The number of pyridine rings is 2. The lowest BCUT2D eigenvalue weighted by Crippen LogP contribution is -2.21. The van der Waals surface area contributed by atoms with Crippen molar-refractivity contribution in [2.24, 2.45) is 0 Å². The van der Waals surface area contributed by atoms with Crippen LogP contribution in [0.25, 0.3) is 0 Å². The van der Waals surface area contributed by atoms with Gasteiger partial charge in [0.1, 0.15) is 17.2 Å². The fraction of sp³-hybridized carbons (Fsp3) is 0.154. The van der Waals surface area contributed by atoms with E-state index in [2.05, 4.69) is 9.97 Å². The molecular weight excluding hydrogens is 249 g/mol. The van der Waals surface area contributed by atoms with E-state index >= 15 is 0 Å². The molecule has 2 rings (SSSR count). The first kappa shape index (κ1) is 12.9. The van der Waals surface area contributed by atoms with Crippen LogP contribution < -0.4 is 4.90 Å². The highest BCUT2D eigenvalue weighted by Gasteiger charge is 2.16. The molecule has 0 unspecified atom stereocenters. The second kappa shape index (κ2) is 5.43. The van der Waals surface area contributed by atoms with Crippen molar-refractivity contribution in [3.05, 3.63) is 53.7 Å². The third-order valence-corrected chi connectivity index (χ3v) is 2.57. The van der Waals surface area contributed by atoms with Crippen LogP contribution in [-0.2, 0) is 6.54 Å². The zero-order chi connectivity index (χ0) is 13.8. The average molecular weight is 261 g/mol. The smallest absolute Gasteiger partial charge is 0.339 e. The van der Waals surface area contributed by atoms with Crippen LogP contribution in [0.5, 0.6) is 0 Å². The number of hydrogen-bond acceptors (Lipinski definition) is 4. The van der Waals surface area contributed by atoms with Gasteiger partial charge >= 0.3 is 5.97 Å². The minimum atomic E-state index is -1.21. The summed E-state index contributed by atoms with van der Waals surface area (Å²) < 4.78 is 13.0. The van der Waals surface area contributed by atoms with Gasteiger partial charge in [-0.1, -0.05) is 6.07 Å². The SMILES string of the molecule is CN(Cc1cccnc1)c1ncc(F)cc1C(=O)O. The first-order valence-corrected chi connectivity index (χ1v) is 5.57. The predicted molar refractivity (Wildman–Crippen MR) is 67.5 cm³/mol. The lowest BCUT2D eigenvalue weighted by Gasteiger charge is -2.19. The Hall–Kier alpha value is -2.50. The van der Waals surface area contributed by atoms with Crippen molar-refractivity contribution in [2.75, 3.05) is 11.9 Å². The van der Waals surface area contributed by atoms with Gasteiger partial charge in [-0.25, -0.2) is 14.2 Å². The maximum Gasteiger partial charge on any atom is 0.339 e. The van der Waals surface area contributed by atoms with Gasteiger partial charge in [-0.15, -0.1) is 0 Å². The molecule has 0 radical (unpaired) electrons. The summed E-state index contributed by atoms with van der Waals surface area (Å²) in [6.45, 7) is 0.437. The Morgan fingerprint density at radius 3 is 2.89 bits per heavy atom. The normalized spacial score (nSPS) is 10.2. The summed E-state index contributed by atoms with van der Waals surface area (Å²) in [5.41, 5.74) is 0.749. The molecule has 0 bridgehead atoms. The van der Waals surface area contributed by atoms with Crippen LogP contribution in [0.3, 0.4) is 0 Å². The van der Waals surface area contributed by atoms with E-state index in [1.54, 1.807) is 30.4 Å². The van der Waals surface area contributed by atoms with Gasteiger partial charge in [0.05, 0.1) is 6.20 Å². The molecule has 0 aromatic carbocycles. The maximum atomic E-state index is 13.0. The third-order valence-electron chi connectivity index (χ3n) is 2.57. The van der Waals surface area contributed by atoms with E-state index in [0.29, 0.717) is 6.54 Å². The zero-order valence-corrected chi connectivity index (χ0v) is 10.2. The van der Waals surface area contributed by atoms with Crippen LogP contribution in [0, 0.1) is 5.82 Å². The molecule has 2 aromatic heterocycles. The summed E-state index contributed by atoms with van der Waals surface area (Å²) >= 11 is 0. The first-order chi connectivity index (χ1) is 9.08. The molecule has 0 spiro atoms. The number of carboxylic acids is 1. The predicted octanol–water partition coefficient (Wildman–Crippen LogP) is 1.95. The largest absolute Gasteiger partial charge is 0.478 e. The van der Waals surface area contributed by atoms with E-state index in [9.17, 15) is 9.18 Å². The van der Waals surface area contributed by atoms with Crippen molar-refractivity contribution in [1.29, 1.82) is 0 Å². The quantitative estimate of drug-likeness (QED) is 0.911. The molecule has 0 aliphatic carbocycles. The van der Waals surface area contributed by atoms with Gasteiger partial charge < -0.3 is 10.0 Å². The number of aromatic carboxylic acids is 1. The highest BCUT2D eigenvalue weighted by molar-refractivity contribution is 5.93. The minimum Gasteiger partial charge on any atom is -0.478 e. The second-order valence-electron chi connectivity index (χ2n) is 4.05. The Morgan fingerprint density at radius 1 is 1.47 bits per heavy atom. The number of rotatable bonds is 4. The standard InChI is InChI=1S/C13H12FN3O2/c1-17(8-9-3-2-4-15-6-9)12-11(13(18)19)5-10(14)7-16-12/h2-7H,8H2,1H3,(H,18,19). The molecule has 2 heterocycles. The van der Waals surface area contributed by atoms with Gasteiger partial charge in [-0.2, -0.15) is 0 Å². The van der Waals surface area contributed by atoms with E-state index in [-0.39, 0.29) is 11.4 Å². The van der Waals surface area contributed by atoms with Crippen molar-refractivity contribution < 1.29 is 14.3 Å². The molecule has 0 saturated heterocycles. The van der Waals surface area contributed by atoms with E-state index in [0.717, 1.165) is 17.8 Å². The molecule has 0 aliphatic rings. The maximum absolute atomic E-state index is 13.0. The molecule has 0 amide bonds. The van der Waals surface area contributed by atoms with E-state index in [4.69, 9.17) is 5.11 Å². The lowest BCUT2D eigenvalue weighted by molar-refractivity contribution is 0.0696. The van der Waals surface area contributed by atoms with Gasteiger partial charge in [0.2, 0.25) is 0 Å². The first-order valence-electron chi connectivity index (χ1n) is 5.57. The molecule has 5 nitrogen and oxygen atoms in total. The van der Waals surface area contributed by atoms with Gasteiger partial charge in [0.15, 0.2) is 0 Å².